The summed E-state index contributed by atoms with van der Waals surface area (Å²) >= 11 is 1.46. The molecule has 2 aromatic heterocycles. The number of aromatic amines is 1. The summed E-state index contributed by atoms with van der Waals surface area (Å²) in [6.45, 7) is 0. The van der Waals surface area contributed by atoms with Crippen LogP contribution in [0, 0.1) is 0 Å². The lowest BCUT2D eigenvalue weighted by Gasteiger charge is -2.03. The maximum absolute atomic E-state index is 11.8. The minimum Gasteiger partial charge on any atom is -0.494 e. The van der Waals surface area contributed by atoms with Crippen LogP contribution in [0.3, 0.4) is 0 Å². The van der Waals surface area contributed by atoms with Crippen LogP contribution in [0.2, 0.25) is 0 Å². The zero-order valence-electron chi connectivity index (χ0n) is 11.5. The molecule has 1 saturated carbocycles. The van der Waals surface area contributed by atoms with Crippen molar-refractivity contribution < 1.29 is 5.11 Å². The highest BCUT2D eigenvalue weighted by molar-refractivity contribution is 7.15. The van der Waals surface area contributed by atoms with Crippen molar-refractivity contribution in [2.24, 2.45) is 4.99 Å². The van der Waals surface area contributed by atoms with Crippen molar-refractivity contribution in [2.45, 2.75) is 18.8 Å². The summed E-state index contributed by atoms with van der Waals surface area (Å²) in [6, 6.07) is 7.08. The molecule has 1 fully saturated rings. The number of pyridine rings is 1. The molecule has 0 saturated heterocycles. The van der Waals surface area contributed by atoms with Crippen LogP contribution < -0.4 is 5.56 Å². The standard InChI is InChI=1S/C15H12N4O2S/c20-12-10-4-2-1-3-9(10)11(13(21)17-12)7-16-15-19-18-14(22-15)8-5-6-8/h1-4,7-8H,5-6H2,(H2,17,20,21)/b16-7+. The molecule has 1 aromatic carbocycles. The lowest BCUT2D eigenvalue weighted by Crippen LogP contribution is -2.07. The van der Waals surface area contributed by atoms with Gasteiger partial charge in [-0.05, 0) is 18.9 Å². The van der Waals surface area contributed by atoms with E-state index in [1.807, 2.05) is 6.07 Å². The van der Waals surface area contributed by atoms with Gasteiger partial charge in [0, 0.05) is 22.9 Å². The minimum absolute atomic E-state index is 0.195. The Labute approximate surface area is 129 Å². The van der Waals surface area contributed by atoms with Crippen LogP contribution in [-0.4, -0.2) is 26.5 Å². The maximum Gasteiger partial charge on any atom is 0.258 e. The molecule has 3 aromatic rings. The predicted octanol–water partition coefficient (Wildman–Crippen LogP) is 2.71. The van der Waals surface area contributed by atoms with Gasteiger partial charge < -0.3 is 5.11 Å². The predicted molar refractivity (Wildman–Crippen MR) is 85.4 cm³/mol. The first kappa shape index (κ1) is 13.1. The molecular formula is C15H12N4O2S. The number of aliphatic imine (C=N–C) groups is 1. The summed E-state index contributed by atoms with van der Waals surface area (Å²) in [5.41, 5.74) is 0.149. The molecule has 0 aliphatic heterocycles. The van der Waals surface area contributed by atoms with E-state index in [1.54, 1.807) is 18.2 Å². The van der Waals surface area contributed by atoms with E-state index in [-0.39, 0.29) is 11.4 Å². The van der Waals surface area contributed by atoms with Gasteiger partial charge in [-0.25, -0.2) is 4.99 Å². The van der Waals surface area contributed by atoms with Gasteiger partial charge in [-0.15, -0.1) is 10.2 Å². The Bertz CT molecular complexity index is 940. The monoisotopic (exact) mass is 312 g/mol. The largest absolute Gasteiger partial charge is 0.494 e. The second-order valence-electron chi connectivity index (χ2n) is 5.22. The molecule has 0 atom stereocenters. The Morgan fingerprint density at radius 2 is 2.05 bits per heavy atom. The topological polar surface area (TPSA) is 91.2 Å². The third kappa shape index (κ3) is 2.29. The summed E-state index contributed by atoms with van der Waals surface area (Å²) < 4.78 is 0. The van der Waals surface area contributed by atoms with Gasteiger partial charge in [-0.2, -0.15) is 0 Å². The second kappa shape index (κ2) is 5.03. The molecule has 6 nitrogen and oxygen atoms in total. The zero-order valence-corrected chi connectivity index (χ0v) is 12.3. The van der Waals surface area contributed by atoms with Crippen LogP contribution >= 0.6 is 11.3 Å². The summed E-state index contributed by atoms with van der Waals surface area (Å²) in [4.78, 5) is 18.5. The van der Waals surface area contributed by atoms with Crippen LogP contribution in [0.15, 0.2) is 34.1 Å². The van der Waals surface area contributed by atoms with Gasteiger partial charge in [0.25, 0.3) is 5.56 Å². The van der Waals surface area contributed by atoms with E-state index in [1.165, 1.54) is 30.4 Å². The average Bonchev–Trinajstić information content (AvgIpc) is 3.26. The number of H-pyrrole nitrogens is 1. The number of nitrogens with one attached hydrogen (secondary N) is 1. The normalized spacial score (nSPS) is 14.9. The molecule has 110 valence electrons. The molecule has 2 heterocycles. The fourth-order valence-electron chi connectivity index (χ4n) is 2.31. The Balaban J connectivity index is 1.76. The smallest absolute Gasteiger partial charge is 0.258 e. The highest BCUT2D eigenvalue weighted by atomic mass is 32.1. The van der Waals surface area contributed by atoms with Gasteiger partial charge >= 0.3 is 0 Å². The van der Waals surface area contributed by atoms with E-state index in [2.05, 4.69) is 20.2 Å². The van der Waals surface area contributed by atoms with Gasteiger partial charge in [0.15, 0.2) is 0 Å². The van der Waals surface area contributed by atoms with Crippen LogP contribution in [0.25, 0.3) is 10.8 Å². The van der Waals surface area contributed by atoms with E-state index in [9.17, 15) is 9.90 Å². The Morgan fingerprint density at radius 1 is 1.27 bits per heavy atom. The number of aromatic nitrogens is 3. The number of rotatable bonds is 3. The number of nitrogens with zero attached hydrogens (tertiary/aromatic N) is 3. The highest BCUT2D eigenvalue weighted by Gasteiger charge is 2.27. The van der Waals surface area contributed by atoms with E-state index in [4.69, 9.17) is 0 Å². The Kier molecular flexibility index (Phi) is 3.00. The first-order valence-electron chi connectivity index (χ1n) is 6.94. The van der Waals surface area contributed by atoms with Crippen LogP contribution in [0.5, 0.6) is 5.88 Å². The molecule has 1 aliphatic rings. The first-order valence-corrected chi connectivity index (χ1v) is 7.75. The third-order valence-electron chi connectivity index (χ3n) is 3.61. The molecule has 0 unspecified atom stereocenters. The van der Waals surface area contributed by atoms with Gasteiger partial charge in [-0.1, -0.05) is 29.5 Å². The van der Waals surface area contributed by atoms with Crippen molar-refractivity contribution in [1.29, 1.82) is 0 Å². The molecule has 4 rings (SSSR count). The molecule has 1 aliphatic carbocycles. The fraction of sp³-hybridized carbons (Fsp3) is 0.200. The minimum atomic E-state index is -0.322. The highest BCUT2D eigenvalue weighted by Crippen LogP contribution is 2.42. The SMILES string of the molecule is O=c1[nH]c(O)c(/C=N/c2nnc(C3CC3)s2)c2ccccc12. The zero-order chi connectivity index (χ0) is 15.1. The molecule has 0 radical (unpaired) electrons. The third-order valence-corrected chi connectivity index (χ3v) is 4.60. The average molecular weight is 312 g/mol. The Morgan fingerprint density at radius 3 is 2.82 bits per heavy atom. The van der Waals surface area contributed by atoms with Crippen molar-refractivity contribution in [3.63, 3.8) is 0 Å². The van der Waals surface area contributed by atoms with Crippen molar-refractivity contribution >= 4 is 33.5 Å². The van der Waals surface area contributed by atoms with Crippen LogP contribution in [-0.2, 0) is 0 Å². The number of hydrogen-bond acceptors (Lipinski definition) is 6. The summed E-state index contributed by atoms with van der Waals surface area (Å²) in [5.74, 6) is 0.350. The quantitative estimate of drug-likeness (QED) is 0.727. The van der Waals surface area contributed by atoms with Crippen LogP contribution in [0.1, 0.15) is 29.3 Å². The Hall–Kier alpha value is -2.54. The van der Waals surface area contributed by atoms with Crippen molar-refractivity contribution in [2.75, 3.05) is 0 Å². The van der Waals surface area contributed by atoms with Gasteiger partial charge in [0.05, 0.1) is 5.56 Å². The van der Waals surface area contributed by atoms with Crippen LogP contribution in [0.4, 0.5) is 5.13 Å². The maximum atomic E-state index is 11.8. The molecular weight excluding hydrogens is 300 g/mol. The summed E-state index contributed by atoms with van der Waals surface area (Å²) in [5, 5.41) is 20.9. The second-order valence-corrected chi connectivity index (χ2v) is 6.20. The molecule has 22 heavy (non-hydrogen) atoms. The summed E-state index contributed by atoms with van der Waals surface area (Å²) in [7, 11) is 0. The van der Waals surface area contributed by atoms with Crippen molar-refractivity contribution in [3.05, 3.63) is 45.2 Å². The molecule has 0 bridgehead atoms. The van der Waals surface area contributed by atoms with Gasteiger partial charge in [-0.3, -0.25) is 9.78 Å². The van der Waals surface area contributed by atoms with Gasteiger partial charge in [0.1, 0.15) is 5.01 Å². The van der Waals surface area contributed by atoms with E-state index in [0.717, 1.165) is 5.01 Å². The van der Waals surface area contributed by atoms with E-state index in [0.29, 0.717) is 27.4 Å². The fourth-order valence-corrected chi connectivity index (χ4v) is 3.17. The molecule has 0 amide bonds. The van der Waals surface area contributed by atoms with Crippen molar-refractivity contribution in [3.8, 4) is 5.88 Å². The van der Waals surface area contributed by atoms with Crippen molar-refractivity contribution in [1.82, 2.24) is 15.2 Å². The molecule has 7 heteroatoms. The molecule has 0 spiro atoms. The number of aromatic hydroxyl groups is 1. The van der Waals surface area contributed by atoms with E-state index >= 15 is 0 Å². The number of benzene rings is 1. The lowest BCUT2D eigenvalue weighted by molar-refractivity contribution is 0.452. The first-order chi connectivity index (χ1) is 10.7. The van der Waals surface area contributed by atoms with E-state index < -0.39 is 0 Å². The summed E-state index contributed by atoms with van der Waals surface area (Å²) in [6.07, 6.45) is 3.86. The number of hydrogen-bond donors (Lipinski definition) is 2. The number of fused-ring (bicyclic) bond motifs is 1. The molecule has 2 N–H and O–H groups in total. The lowest BCUT2D eigenvalue weighted by atomic mass is 10.1. The van der Waals surface area contributed by atoms with Gasteiger partial charge in [0.2, 0.25) is 11.0 Å².